The third kappa shape index (κ3) is 2.41. The van der Waals surface area contributed by atoms with Crippen LogP contribution in [0.4, 0.5) is 0 Å². The van der Waals surface area contributed by atoms with Gasteiger partial charge in [0.2, 0.25) is 0 Å². The minimum absolute atomic E-state index is 0.0840. The van der Waals surface area contributed by atoms with E-state index in [9.17, 15) is 14.4 Å². The molecule has 1 aliphatic rings. The predicted octanol–water partition coefficient (Wildman–Crippen LogP) is 6.89. The molecule has 9 rings (SSSR count). The molecule has 40 heavy (non-hydrogen) atoms. The van der Waals surface area contributed by atoms with Crippen LogP contribution in [-0.2, 0) is 0 Å². The average Bonchev–Trinajstić information content (AvgIpc) is 3.38. The second-order valence-corrected chi connectivity index (χ2v) is 10.8. The molecule has 190 valence electrons. The van der Waals surface area contributed by atoms with Crippen molar-refractivity contribution in [3.05, 3.63) is 94.3 Å². The maximum Gasteiger partial charge on any atom is 0.264 e. The summed E-state index contributed by atoms with van der Waals surface area (Å²) in [5.41, 5.74) is 3.30. The molecule has 0 fully saturated rings. The number of aromatic nitrogens is 2. The summed E-state index contributed by atoms with van der Waals surface area (Å²) in [7, 11) is 0. The van der Waals surface area contributed by atoms with E-state index in [0.29, 0.717) is 28.7 Å². The molecule has 0 aliphatic carbocycles. The Morgan fingerprint density at radius 2 is 1.18 bits per heavy atom. The van der Waals surface area contributed by atoms with E-state index < -0.39 is 0 Å². The van der Waals surface area contributed by atoms with Gasteiger partial charge in [-0.15, -0.1) is 0 Å². The first-order valence-corrected chi connectivity index (χ1v) is 13.7. The maximum absolute atomic E-state index is 13.9. The van der Waals surface area contributed by atoms with Gasteiger partial charge in [0.1, 0.15) is 5.65 Å². The first-order chi connectivity index (χ1) is 19.6. The Balaban J connectivity index is 1.46. The zero-order valence-electron chi connectivity index (χ0n) is 21.6. The van der Waals surface area contributed by atoms with Crippen molar-refractivity contribution >= 4 is 82.4 Å². The number of fused-ring (bicyclic) bond motifs is 6. The molecule has 1 aliphatic heterocycles. The molecule has 3 heterocycles. The van der Waals surface area contributed by atoms with Gasteiger partial charge >= 0.3 is 0 Å². The monoisotopic (exact) mass is 519 g/mol. The summed E-state index contributed by atoms with van der Waals surface area (Å²) >= 11 is 0. The molecule has 8 aromatic rings. The molecule has 2 amide bonds. The molecule has 0 spiro atoms. The first-order valence-electron chi connectivity index (χ1n) is 13.7. The molecular weight excluding hydrogens is 498 g/mol. The number of para-hydroxylation sites is 2. The Morgan fingerprint density at radius 1 is 0.625 bits per heavy atom. The van der Waals surface area contributed by atoms with Gasteiger partial charge in [-0.05, 0) is 75.1 Å². The van der Waals surface area contributed by atoms with Crippen LogP contribution in [-0.4, -0.2) is 32.6 Å². The quantitative estimate of drug-likeness (QED) is 0.145. The smallest absolute Gasteiger partial charge is 0.264 e. The van der Waals surface area contributed by atoms with Gasteiger partial charge in [0.25, 0.3) is 17.4 Å². The molecule has 0 N–H and O–H groups in total. The van der Waals surface area contributed by atoms with E-state index in [-0.39, 0.29) is 17.4 Å². The van der Waals surface area contributed by atoms with Gasteiger partial charge in [-0.3, -0.25) is 23.7 Å². The first kappa shape index (κ1) is 21.8. The molecule has 0 saturated heterocycles. The van der Waals surface area contributed by atoms with E-state index >= 15 is 0 Å². The highest BCUT2D eigenvalue weighted by Gasteiger charge is 2.34. The largest absolute Gasteiger partial charge is 0.274 e. The molecule has 6 heteroatoms. The summed E-state index contributed by atoms with van der Waals surface area (Å²) in [6, 6.07) is 23.5. The fourth-order valence-corrected chi connectivity index (χ4v) is 7.04. The van der Waals surface area contributed by atoms with E-state index in [2.05, 4.69) is 19.1 Å². The van der Waals surface area contributed by atoms with Crippen molar-refractivity contribution in [1.29, 1.82) is 0 Å². The van der Waals surface area contributed by atoms with Crippen molar-refractivity contribution in [2.24, 2.45) is 0 Å². The lowest BCUT2D eigenvalue weighted by Gasteiger charge is -2.28. The summed E-state index contributed by atoms with van der Waals surface area (Å²) in [5.74, 6) is -0.453. The highest BCUT2D eigenvalue weighted by molar-refractivity contribution is 6.41. The van der Waals surface area contributed by atoms with Crippen molar-refractivity contribution in [3.8, 4) is 0 Å². The molecule has 6 aromatic carbocycles. The molecule has 0 bridgehead atoms. The number of carbonyl (C=O) groups is 2. The topological polar surface area (TPSA) is 71.8 Å². The van der Waals surface area contributed by atoms with Crippen LogP contribution < -0.4 is 5.56 Å². The van der Waals surface area contributed by atoms with Crippen LogP contribution in [0.25, 0.3) is 70.5 Å². The van der Waals surface area contributed by atoms with Gasteiger partial charge in [0, 0.05) is 39.2 Å². The van der Waals surface area contributed by atoms with Crippen molar-refractivity contribution in [2.45, 2.75) is 19.8 Å². The van der Waals surface area contributed by atoms with Gasteiger partial charge < -0.3 is 0 Å². The molecule has 0 saturated carbocycles. The number of imidazole rings is 1. The van der Waals surface area contributed by atoms with Crippen LogP contribution in [0.5, 0.6) is 0 Å². The normalized spacial score (nSPS) is 14.1. The van der Waals surface area contributed by atoms with Crippen LogP contribution in [0.2, 0.25) is 0 Å². The summed E-state index contributed by atoms with van der Waals surface area (Å²) in [6.07, 6.45) is 1.68. The second-order valence-electron chi connectivity index (χ2n) is 10.8. The molecular formula is C34H21N3O3. The standard InChI is InChI=1S/C34H21N3O3/c1-2-3-16-36-32(38)22-13-9-19-17-8-12-21-29-24(34(40)37-26-7-5-4-6-25(26)35-31(21)37)15-11-18(27(17)29)20-10-14-23(33(36)39)30(22)28(19)20/h4-15H,2-3,16H2,1H3. The number of rotatable bonds is 3. The van der Waals surface area contributed by atoms with Gasteiger partial charge in [0.15, 0.2) is 0 Å². The minimum Gasteiger partial charge on any atom is -0.274 e. The SMILES string of the molecule is CCCCN1C(=O)c2ccc3c4ccc5c(=O)n6c7ccccc7nc6c6ccc(c7ccc(c2c37)C1=O)c4c56. The number of benzene rings is 6. The van der Waals surface area contributed by atoms with Crippen LogP contribution in [0.15, 0.2) is 77.6 Å². The Bertz CT molecular complexity index is 2420. The van der Waals surface area contributed by atoms with Crippen molar-refractivity contribution in [2.75, 3.05) is 6.54 Å². The van der Waals surface area contributed by atoms with Crippen LogP contribution in [0.1, 0.15) is 40.5 Å². The number of unbranched alkanes of at least 4 members (excludes halogenated alkanes) is 1. The van der Waals surface area contributed by atoms with E-state index in [0.717, 1.165) is 72.4 Å². The lowest BCUT2D eigenvalue weighted by molar-refractivity contribution is 0.0608. The summed E-state index contributed by atoms with van der Waals surface area (Å²) in [5, 5.41) is 9.09. The van der Waals surface area contributed by atoms with E-state index in [4.69, 9.17) is 4.98 Å². The summed E-state index contributed by atoms with van der Waals surface area (Å²) < 4.78 is 1.72. The van der Waals surface area contributed by atoms with Gasteiger partial charge in [-0.2, -0.15) is 0 Å². The fourth-order valence-electron chi connectivity index (χ4n) is 7.04. The third-order valence-corrected chi connectivity index (χ3v) is 8.82. The number of imide groups is 1. The number of hydrogen-bond acceptors (Lipinski definition) is 4. The summed E-state index contributed by atoms with van der Waals surface area (Å²) in [4.78, 5) is 47.2. The van der Waals surface area contributed by atoms with E-state index in [1.54, 1.807) is 4.40 Å². The predicted molar refractivity (Wildman–Crippen MR) is 159 cm³/mol. The fraction of sp³-hybridized carbons (Fsp3) is 0.118. The van der Waals surface area contributed by atoms with Crippen LogP contribution in [0.3, 0.4) is 0 Å². The van der Waals surface area contributed by atoms with Crippen molar-refractivity contribution in [1.82, 2.24) is 14.3 Å². The zero-order chi connectivity index (χ0) is 26.9. The number of carbonyl (C=O) groups excluding carboxylic acids is 2. The Kier molecular flexibility index (Phi) is 3.98. The molecule has 0 radical (unpaired) electrons. The lowest BCUT2D eigenvalue weighted by atomic mass is 9.84. The molecule has 0 unspecified atom stereocenters. The van der Waals surface area contributed by atoms with Crippen molar-refractivity contribution in [3.63, 3.8) is 0 Å². The second kappa shape index (κ2) is 7.30. The van der Waals surface area contributed by atoms with E-state index in [1.807, 2.05) is 60.7 Å². The van der Waals surface area contributed by atoms with Gasteiger partial charge in [0.05, 0.1) is 11.0 Å². The molecule has 6 nitrogen and oxygen atoms in total. The average molecular weight is 520 g/mol. The highest BCUT2D eigenvalue weighted by atomic mass is 16.2. The molecule has 0 atom stereocenters. The summed E-state index contributed by atoms with van der Waals surface area (Å²) in [6.45, 7) is 2.47. The third-order valence-electron chi connectivity index (χ3n) is 8.82. The van der Waals surface area contributed by atoms with E-state index in [1.165, 1.54) is 4.90 Å². The highest BCUT2D eigenvalue weighted by Crippen LogP contribution is 2.46. The number of pyridine rings is 1. The number of nitrogens with zero attached hydrogens (tertiary/aromatic N) is 3. The Morgan fingerprint density at radius 3 is 1.85 bits per heavy atom. The zero-order valence-corrected chi connectivity index (χ0v) is 21.6. The van der Waals surface area contributed by atoms with Crippen LogP contribution >= 0.6 is 0 Å². The Hall–Kier alpha value is -5.10. The maximum atomic E-state index is 13.9. The van der Waals surface area contributed by atoms with Crippen molar-refractivity contribution < 1.29 is 9.59 Å². The van der Waals surface area contributed by atoms with Gasteiger partial charge in [-0.25, -0.2) is 4.98 Å². The van der Waals surface area contributed by atoms with Crippen LogP contribution in [0, 0.1) is 0 Å². The Labute approximate surface area is 226 Å². The minimum atomic E-state index is -0.227. The number of hydrogen-bond donors (Lipinski definition) is 0. The molecule has 2 aromatic heterocycles. The lowest BCUT2D eigenvalue weighted by Crippen LogP contribution is -2.40. The number of amides is 2. The van der Waals surface area contributed by atoms with Gasteiger partial charge in [-0.1, -0.05) is 49.7 Å².